The summed E-state index contributed by atoms with van der Waals surface area (Å²) in [4.78, 5) is 28.2. The number of urea groups is 1. The van der Waals surface area contributed by atoms with Crippen LogP contribution in [0.25, 0.3) is 0 Å². The number of likely N-dealkylation sites (N-methyl/N-ethyl adjacent to an activating group) is 1. The van der Waals surface area contributed by atoms with Gasteiger partial charge in [0.25, 0.3) is 0 Å². The first-order chi connectivity index (χ1) is 14.4. The second kappa shape index (κ2) is 9.52. The number of anilines is 1. The first kappa shape index (κ1) is 21.5. The van der Waals surface area contributed by atoms with Gasteiger partial charge >= 0.3 is 6.03 Å². The number of nitrogens with zero attached hydrogens (tertiary/aromatic N) is 2. The Balaban J connectivity index is 1.71. The van der Waals surface area contributed by atoms with Gasteiger partial charge in [0.15, 0.2) is 0 Å². The van der Waals surface area contributed by atoms with Gasteiger partial charge in [0.1, 0.15) is 11.5 Å². The Kier molecular flexibility index (Phi) is 6.82. The highest BCUT2D eigenvalue weighted by molar-refractivity contribution is 5.90. The van der Waals surface area contributed by atoms with Crippen molar-refractivity contribution in [1.82, 2.24) is 9.80 Å². The summed E-state index contributed by atoms with van der Waals surface area (Å²) in [5.74, 6) is 1.52. The lowest BCUT2D eigenvalue weighted by molar-refractivity contribution is -0.127. The zero-order valence-corrected chi connectivity index (χ0v) is 18.0. The second-order valence-electron chi connectivity index (χ2n) is 7.55. The number of ether oxygens (including phenoxy) is 2. The molecule has 7 heteroatoms. The molecular formula is C23H29N3O4. The molecule has 0 radical (unpaired) electrons. The zero-order chi connectivity index (χ0) is 21.7. The molecule has 1 atom stereocenters. The van der Waals surface area contributed by atoms with E-state index >= 15 is 0 Å². The summed E-state index contributed by atoms with van der Waals surface area (Å²) < 4.78 is 10.9. The van der Waals surface area contributed by atoms with Crippen molar-refractivity contribution in [2.45, 2.75) is 25.3 Å². The smallest absolute Gasteiger partial charge is 0.322 e. The molecule has 1 heterocycles. The third kappa shape index (κ3) is 4.84. The first-order valence-electron chi connectivity index (χ1n) is 10.0. The average Bonchev–Trinajstić information content (AvgIpc) is 3.24. The van der Waals surface area contributed by atoms with Crippen LogP contribution < -0.4 is 14.8 Å². The van der Waals surface area contributed by atoms with Gasteiger partial charge < -0.3 is 24.6 Å². The van der Waals surface area contributed by atoms with Gasteiger partial charge in [0.05, 0.1) is 26.7 Å². The van der Waals surface area contributed by atoms with Crippen LogP contribution in [0.4, 0.5) is 10.5 Å². The number of methoxy groups -OCH3 is 2. The Morgan fingerprint density at radius 1 is 1.10 bits per heavy atom. The highest BCUT2D eigenvalue weighted by Gasteiger charge is 2.32. The summed E-state index contributed by atoms with van der Waals surface area (Å²) in [5, 5.41) is 2.97. The van der Waals surface area contributed by atoms with Crippen molar-refractivity contribution in [1.29, 1.82) is 0 Å². The summed E-state index contributed by atoms with van der Waals surface area (Å²) >= 11 is 0. The molecule has 30 heavy (non-hydrogen) atoms. The van der Waals surface area contributed by atoms with Gasteiger partial charge in [-0.3, -0.25) is 4.79 Å². The number of nitrogens with one attached hydrogen (secondary N) is 1. The van der Waals surface area contributed by atoms with E-state index in [0.717, 1.165) is 35.5 Å². The Bertz CT molecular complexity index is 896. The molecule has 160 valence electrons. The fraction of sp³-hybridized carbons (Fsp3) is 0.391. The van der Waals surface area contributed by atoms with Gasteiger partial charge in [0.2, 0.25) is 5.91 Å². The standard InChI is InChI=1S/C23H29N3O4/c1-25(2)22(27)14-16-7-9-17(10-8-16)24-23(28)26-13-5-6-20(26)19-15-18(29-3)11-12-21(19)30-4/h7-12,15,20H,5-6,13-14H2,1-4H3,(H,24,28)/t20-/m0/s1. The molecule has 0 aromatic heterocycles. The molecule has 3 rings (SSSR count). The molecule has 1 N–H and O–H groups in total. The van der Waals surface area contributed by atoms with Crippen LogP contribution in [-0.2, 0) is 11.2 Å². The Hall–Kier alpha value is -3.22. The minimum absolute atomic E-state index is 0.0407. The molecule has 7 nitrogen and oxygen atoms in total. The summed E-state index contributed by atoms with van der Waals surface area (Å²) in [5.41, 5.74) is 2.55. The summed E-state index contributed by atoms with van der Waals surface area (Å²) in [6.07, 6.45) is 2.12. The number of likely N-dealkylation sites (tertiary alicyclic amines) is 1. The van der Waals surface area contributed by atoms with Crippen LogP contribution in [0.2, 0.25) is 0 Å². The van der Waals surface area contributed by atoms with Crippen LogP contribution in [0.3, 0.4) is 0 Å². The second-order valence-corrected chi connectivity index (χ2v) is 7.55. The lowest BCUT2D eigenvalue weighted by atomic mass is 10.0. The van der Waals surface area contributed by atoms with Crippen molar-refractivity contribution in [3.63, 3.8) is 0 Å². The van der Waals surface area contributed by atoms with Gasteiger partial charge in [-0.25, -0.2) is 4.79 Å². The van der Waals surface area contributed by atoms with Gasteiger partial charge in [-0.05, 0) is 48.7 Å². The van der Waals surface area contributed by atoms with E-state index in [1.54, 1.807) is 33.2 Å². The Labute approximate surface area is 177 Å². The van der Waals surface area contributed by atoms with Crippen LogP contribution in [0.5, 0.6) is 11.5 Å². The number of amides is 3. The maximum Gasteiger partial charge on any atom is 0.322 e. The maximum absolute atomic E-state index is 13.0. The van der Waals surface area contributed by atoms with E-state index in [2.05, 4.69) is 5.32 Å². The monoisotopic (exact) mass is 411 g/mol. The SMILES string of the molecule is COc1ccc(OC)c([C@@H]2CCCN2C(=O)Nc2ccc(CC(=O)N(C)C)cc2)c1. The van der Waals surface area contributed by atoms with Crippen molar-refractivity contribution in [2.24, 2.45) is 0 Å². The van der Waals surface area contributed by atoms with E-state index in [-0.39, 0.29) is 18.0 Å². The van der Waals surface area contributed by atoms with E-state index in [1.165, 1.54) is 0 Å². The maximum atomic E-state index is 13.0. The van der Waals surface area contributed by atoms with E-state index in [9.17, 15) is 9.59 Å². The third-order valence-corrected chi connectivity index (χ3v) is 5.37. The summed E-state index contributed by atoms with van der Waals surface area (Å²) in [6, 6.07) is 12.8. The molecule has 1 saturated heterocycles. The minimum atomic E-state index is -0.153. The van der Waals surface area contributed by atoms with Crippen molar-refractivity contribution < 1.29 is 19.1 Å². The minimum Gasteiger partial charge on any atom is -0.497 e. The first-order valence-corrected chi connectivity index (χ1v) is 10.0. The van der Waals surface area contributed by atoms with E-state index in [4.69, 9.17) is 9.47 Å². The van der Waals surface area contributed by atoms with Crippen molar-refractivity contribution in [3.05, 3.63) is 53.6 Å². The number of rotatable bonds is 6. The van der Waals surface area contributed by atoms with Crippen LogP contribution in [-0.4, -0.2) is 56.6 Å². The molecule has 0 unspecified atom stereocenters. The molecular weight excluding hydrogens is 382 g/mol. The fourth-order valence-electron chi connectivity index (χ4n) is 3.67. The molecule has 0 aliphatic carbocycles. The number of hydrogen-bond donors (Lipinski definition) is 1. The topological polar surface area (TPSA) is 71.1 Å². The predicted molar refractivity (Wildman–Crippen MR) is 116 cm³/mol. The van der Waals surface area contributed by atoms with Crippen LogP contribution in [0.15, 0.2) is 42.5 Å². The number of hydrogen-bond acceptors (Lipinski definition) is 4. The highest BCUT2D eigenvalue weighted by Crippen LogP contribution is 2.39. The lowest BCUT2D eigenvalue weighted by Crippen LogP contribution is -2.34. The van der Waals surface area contributed by atoms with Gasteiger partial charge in [-0.15, -0.1) is 0 Å². The highest BCUT2D eigenvalue weighted by atomic mass is 16.5. The molecule has 3 amide bonds. The van der Waals surface area contributed by atoms with Gasteiger partial charge in [-0.1, -0.05) is 12.1 Å². The summed E-state index contributed by atoms with van der Waals surface area (Å²) in [7, 11) is 6.73. The van der Waals surface area contributed by atoms with Crippen LogP contribution >= 0.6 is 0 Å². The summed E-state index contributed by atoms with van der Waals surface area (Å²) in [6.45, 7) is 0.673. The fourth-order valence-corrected chi connectivity index (χ4v) is 3.67. The quantitative estimate of drug-likeness (QED) is 0.787. The molecule has 0 bridgehead atoms. The van der Waals surface area contributed by atoms with E-state index in [1.807, 2.05) is 47.4 Å². The number of carbonyl (C=O) groups is 2. The van der Waals surface area contributed by atoms with E-state index in [0.29, 0.717) is 18.7 Å². The van der Waals surface area contributed by atoms with E-state index < -0.39 is 0 Å². The number of carbonyl (C=O) groups excluding carboxylic acids is 2. The molecule has 1 aliphatic rings. The molecule has 1 fully saturated rings. The third-order valence-electron chi connectivity index (χ3n) is 5.37. The Morgan fingerprint density at radius 2 is 1.83 bits per heavy atom. The largest absolute Gasteiger partial charge is 0.497 e. The molecule has 0 spiro atoms. The Morgan fingerprint density at radius 3 is 2.47 bits per heavy atom. The van der Waals surface area contributed by atoms with Crippen molar-refractivity contribution in [3.8, 4) is 11.5 Å². The predicted octanol–water partition coefficient (Wildman–Crippen LogP) is 3.70. The molecule has 0 saturated carbocycles. The zero-order valence-electron chi connectivity index (χ0n) is 18.0. The normalized spacial score (nSPS) is 15.6. The van der Waals surface area contributed by atoms with Crippen LogP contribution in [0, 0.1) is 0 Å². The van der Waals surface area contributed by atoms with Crippen molar-refractivity contribution >= 4 is 17.6 Å². The molecule has 2 aromatic carbocycles. The van der Waals surface area contributed by atoms with Crippen molar-refractivity contribution in [2.75, 3.05) is 40.2 Å². The number of benzene rings is 2. The van der Waals surface area contributed by atoms with Gasteiger partial charge in [-0.2, -0.15) is 0 Å². The molecule has 2 aromatic rings. The molecule has 1 aliphatic heterocycles. The lowest BCUT2D eigenvalue weighted by Gasteiger charge is -2.27. The average molecular weight is 412 g/mol. The van der Waals surface area contributed by atoms with Crippen LogP contribution in [0.1, 0.15) is 30.0 Å². The van der Waals surface area contributed by atoms with Gasteiger partial charge in [0, 0.05) is 31.9 Å².